The third kappa shape index (κ3) is 27.7. The predicted octanol–water partition coefficient (Wildman–Crippen LogP) is 11.1. The Kier molecular flexibility index (Phi) is 33.0. The van der Waals surface area contributed by atoms with Gasteiger partial charge in [-0.2, -0.15) is 0 Å². The molecule has 0 aromatic rings. The summed E-state index contributed by atoms with van der Waals surface area (Å²) in [6, 6.07) is 0. The monoisotopic (exact) mass is 591 g/mol. The van der Waals surface area contributed by atoms with Gasteiger partial charge in [0.2, 0.25) is 0 Å². The first kappa shape index (κ1) is 39.5. The van der Waals surface area contributed by atoms with Crippen LogP contribution in [0.15, 0.2) is 0 Å². The predicted molar refractivity (Wildman–Crippen MR) is 171 cm³/mol. The van der Waals surface area contributed by atoms with Crippen molar-refractivity contribution in [2.24, 2.45) is 5.73 Å². The first-order chi connectivity index (χ1) is 17.6. The molecule has 0 bridgehead atoms. The molecule has 3 nitrogen and oxygen atoms in total. The fourth-order valence-electron chi connectivity index (χ4n) is 5.09. The van der Waals surface area contributed by atoms with Gasteiger partial charge in [0.05, 0.1) is 11.7 Å². The molecule has 0 saturated carbocycles. The van der Waals surface area contributed by atoms with Crippen molar-refractivity contribution in [2.75, 3.05) is 19.8 Å². The molecule has 2 N–H and O–H groups in total. The molecule has 0 heterocycles. The van der Waals surface area contributed by atoms with Crippen molar-refractivity contribution in [1.82, 2.24) is 0 Å². The molecule has 0 aromatic heterocycles. The average molecular weight is 593 g/mol. The second-order valence-corrected chi connectivity index (χ2v) is 11.8. The molecule has 0 unspecified atom stereocenters. The molecule has 0 aliphatic carbocycles. The van der Waals surface area contributed by atoms with Crippen molar-refractivity contribution in [3.8, 4) is 0 Å². The number of unbranched alkanes of at least 4 members (excludes halogenated alkanes) is 22. The lowest BCUT2D eigenvalue weighted by Gasteiger charge is -2.33. The quantitative estimate of drug-likeness (QED) is 0.0844. The summed E-state index contributed by atoms with van der Waals surface area (Å²) >= 11 is 0. The van der Waals surface area contributed by atoms with Crippen molar-refractivity contribution in [2.45, 2.75) is 193 Å². The molecule has 0 aliphatic rings. The molecular formula is C33H70BrNO2. The van der Waals surface area contributed by atoms with Gasteiger partial charge in [-0.15, -0.1) is 17.0 Å². The second-order valence-electron chi connectivity index (χ2n) is 11.8. The van der Waals surface area contributed by atoms with Crippen molar-refractivity contribution >= 4 is 17.0 Å². The van der Waals surface area contributed by atoms with Gasteiger partial charge >= 0.3 is 0 Å². The molecule has 0 aromatic carbocycles. The smallest absolute Gasteiger partial charge is 0.0980 e. The molecule has 1 atom stereocenters. The zero-order chi connectivity index (χ0) is 26.6. The fourth-order valence-corrected chi connectivity index (χ4v) is 5.09. The summed E-state index contributed by atoms with van der Waals surface area (Å²) in [7, 11) is 0. The van der Waals surface area contributed by atoms with Crippen LogP contribution in [-0.2, 0) is 9.47 Å². The minimum absolute atomic E-state index is 0. The third-order valence-corrected chi connectivity index (χ3v) is 7.78. The Hall–Kier alpha value is 0.360. The number of hydrogen-bond donors (Lipinski definition) is 1. The van der Waals surface area contributed by atoms with Crippen LogP contribution in [0.25, 0.3) is 0 Å². The number of nitrogens with two attached hydrogens (primary N) is 1. The molecule has 37 heavy (non-hydrogen) atoms. The first-order valence-corrected chi connectivity index (χ1v) is 16.5. The zero-order valence-corrected chi connectivity index (χ0v) is 27.7. The normalized spacial score (nSPS) is 12.6. The van der Waals surface area contributed by atoms with E-state index in [2.05, 4.69) is 27.7 Å². The Morgan fingerprint density at radius 3 is 1.11 bits per heavy atom. The summed E-state index contributed by atoms with van der Waals surface area (Å²) in [4.78, 5) is 0. The molecule has 226 valence electrons. The van der Waals surface area contributed by atoms with Gasteiger partial charge in [0.25, 0.3) is 0 Å². The molecule has 0 rings (SSSR count). The Morgan fingerprint density at radius 2 is 0.784 bits per heavy atom. The molecule has 0 spiro atoms. The van der Waals surface area contributed by atoms with E-state index in [-0.39, 0.29) is 28.7 Å². The summed E-state index contributed by atoms with van der Waals surface area (Å²) in [6.45, 7) is 11.0. The summed E-state index contributed by atoms with van der Waals surface area (Å²) in [5, 5.41) is 0. The number of halogens is 1. The fraction of sp³-hybridized carbons (Fsp3) is 1.00. The highest BCUT2D eigenvalue weighted by molar-refractivity contribution is 8.93. The molecule has 4 heteroatoms. The SMILES string of the molecule is Br.CCCCCCCCCCCCCCO[C@@H](CN)C(C)(C)OCCCCCCCCCCCCCC. The van der Waals surface area contributed by atoms with Crippen LogP contribution in [0.5, 0.6) is 0 Å². The van der Waals surface area contributed by atoms with Gasteiger partial charge in [-0.1, -0.05) is 155 Å². The standard InChI is InChI=1S/C33H69NO2.BrH/c1-5-7-9-11-13-15-17-19-21-23-25-27-29-35-32(31-34)33(3,4)36-30-28-26-24-22-20-18-16-14-12-10-8-6-2;/h32H,5-31,34H2,1-4H3;1H/t32-;/m0./s1. The molecule has 0 saturated heterocycles. The lowest BCUT2D eigenvalue weighted by molar-refractivity contribution is -0.124. The maximum atomic E-state index is 6.23. The minimum Gasteiger partial charge on any atom is -0.374 e. The van der Waals surface area contributed by atoms with Crippen LogP contribution in [-0.4, -0.2) is 31.5 Å². The zero-order valence-electron chi connectivity index (χ0n) is 26.0. The highest BCUT2D eigenvalue weighted by atomic mass is 79.9. The van der Waals surface area contributed by atoms with Crippen molar-refractivity contribution in [1.29, 1.82) is 0 Å². The van der Waals surface area contributed by atoms with Crippen molar-refractivity contribution in [3.05, 3.63) is 0 Å². The molecule has 0 fully saturated rings. The third-order valence-electron chi connectivity index (χ3n) is 7.78. The maximum Gasteiger partial charge on any atom is 0.0980 e. The maximum absolute atomic E-state index is 6.23. The topological polar surface area (TPSA) is 44.5 Å². The molecule has 0 aliphatic heterocycles. The summed E-state index contributed by atoms with van der Waals surface area (Å²) in [5.41, 5.74) is 5.74. The van der Waals surface area contributed by atoms with Gasteiger partial charge in [-0.3, -0.25) is 0 Å². The largest absolute Gasteiger partial charge is 0.374 e. The van der Waals surface area contributed by atoms with E-state index >= 15 is 0 Å². The second kappa shape index (κ2) is 30.9. The number of ether oxygens (including phenoxy) is 2. The number of rotatable bonds is 30. The van der Waals surface area contributed by atoms with E-state index in [0.29, 0.717) is 6.54 Å². The van der Waals surface area contributed by atoms with Crippen LogP contribution in [0.4, 0.5) is 0 Å². The average Bonchev–Trinajstić information content (AvgIpc) is 2.87. The Morgan fingerprint density at radius 1 is 0.486 bits per heavy atom. The number of hydrogen-bond acceptors (Lipinski definition) is 3. The van der Waals surface area contributed by atoms with E-state index in [1.807, 2.05) is 0 Å². The van der Waals surface area contributed by atoms with E-state index in [4.69, 9.17) is 15.2 Å². The van der Waals surface area contributed by atoms with Crippen LogP contribution in [0.3, 0.4) is 0 Å². The van der Waals surface area contributed by atoms with E-state index in [1.54, 1.807) is 0 Å². The summed E-state index contributed by atoms with van der Waals surface area (Å²) in [5.74, 6) is 0. The van der Waals surface area contributed by atoms with Gasteiger partial charge in [0, 0.05) is 19.8 Å². The highest BCUT2D eigenvalue weighted by Crippen LogP contribution is 2.20. The Bertz CT molecular complexity index is 419. The van der Waals surface area contributed by atoms with Crippen molar-refractivity contribution < 1.29 is 9.47 Å². The lowest BCUT2D eigenvalue weighted by Crippen LogP contribution is -2.46. The minimum atomic E-state index is -0.302. The van der Waals surface area contributed by atoms with E-state index in [9.17, 15) is 0 Å². The summed E-state index contributed by atoms with van der Waals surface area (Å²) in [6.07, 6.45) is 32.9. The van der Waals surface area contributed by atoms with Crippen LogP contribution < -0.4 is 5.73 Å². The Labute approximate surface area is 244 Å². The van der Waals surface area contributed by atoms with E-state index < -0.39 is 0 Å². The van der Waals surface area contributed by atoms with Gasteiger partial charge < -0.3 is 15.2 Å². The van der Waals surface area contributed by atoms with E-state index in [0.717, 1.165) is 26.1 Å². The summed E-state index contributed by atoms with van der Waals surface area (Å²) < 4.78 is 12.4. The van der Waals surface area contributed by atoms with Crippen LogP contribution in [0, 0.1) is 0 Å². The molecule has 0 radical (unpaired) electrons. The van der Waals surface area contributed by atoms with Crippen LogP contribution in [0.1, 0.15) is 182 Å². The van der Waals surface area contributed by atoms with Crippen molar-refractivity contribution in [3.63, 3.8) is 0 Å². The highest BCUT2D eigenvalue weighted by Gasteiger charge is 2.30. The molecular weight excluding hydrogens is 522 g/mol. The van der Waals surface area contributed by atoms with Gasteiger partial charge in [-0.25, -0.2) is 0 Å². The van der Waals surface area contributed by atoms with Gasteiger partial charge in [0.1, 0.15) is 0 Å². The van der Waals surface area contributed by atoms with Gasteiger partial charge in [-0.05, 0) is 26.7 Å². The first-order valence-electron chi connectivity index (χ1n) is 16.5. The lowest BCUT2D eigenvalue weighted by atomic mass is 10.0. The van der Waals surface area contributed by atoms with E-state index in [1.165, 1.54) is 141 Å². The van der Waals surface area contributed by atoms with Crippen LogP contribution in [0.2, 0.25) is 0 Å². The van der Waals surface area contributed by atoms with Crippen LogP contribution >= 0.6 is 17.0 Å². The Balaban J connectivity index is 0. The molecule has 0 amide bonds. The van der Waals surface area contributed by atoms with Gasteiger partial charge in [0.15, 0.2) is 0 Å².